The monoisotopic (exact) mass is 383 g/mol. The molecule has 1 N–H and O–H groups in total. The first-order chi connectivity index (χ1) is 13.4. The van der Waals surface area contributed by atoms with Crippen LogP contribution in [0.5, 0.6) is 0 Å². The molecule has 0 saturated heterocycles. The smallest absolute Gasteiger partial charge is 0.305 e. The fourth-order valence-electron chi connectivity index (χ4n) is 2.86. The molecule has 3 heterocycles. The van der Waals surface area contributed by atoms with E-state index in [-0.39, 0.29) is 22.9 Å². The lowest BCUT2D eigenvalue weighted by Crippen LogP contribution is -2.14. The van der Waals surface area contributed by atoms with E-state index in [0.717, 1.165) is 6.07 Å². The lowest BCUT2D eigenvalue weighted by molar-refractivity contribution is -0.137. The molecule has 6 nitrogen and oxygen atoms in total. The zero-order chi connectivity index (χ0) is 19.7. The molecule has 0 spiro atoms. The quantitative estimate of drug-likeness (QED) is 0.579. The molecule has 1 amide bonds. The molecular weight excluding hydrogens is 371 g/mol. The van der Waals surface area contributed by atoms with Crippen LogP contribution in [-0.4, -0.2) is 25.3 Å². The summed E-state index contributed by atoms with van der Waals surface area (Å²) >= 11 is 0. The summed E-state index contributed by atoms with van der Waals surface area (Å²) in [5.41, 5.74) is -0.571. The Morgan fingerprint density at radius 1 is 1.04 bits per heavy atom. The average Bonchev–Trinajstić information content (AvgIpc) is 3.08. The molecule has 140 valence electrons. The maximum atomic E-state index is 13.5. The summed E-state index contributed by atoms with van der Waals surface area (Å²) in [6.07, 6.45) is -0.266. The number of carbonyl (C=O) groups excluding carboxylic acids is 1. The molecule has 0 unspecified atom stereocenters. The number of pyridine rings is 1. The summed E-state index contributed by atoms with van der Waals surface area (Å²) in [6, 6.07) is 11.6. The van der Waals surface area contributed by atoms with E-state index in [4.69, 9.17) is 0 Å². The molecule has 0 aliphatic heterocycles. The molecule has 0 aliphatic carbocycles. The second kappa shape index (κ2) is 6.76. The van der Waals surface area contributed by atoms with Crippen molar-refractivity contribution in [3.63, 3.8) is 0 Å². The molecule has 28 heavy (non-hydrogen) atoms. The second-order valence-electron chi connectivity index (χ2n) is 5.83. The van der Waals surface area contributed by atoms with Gasteiger partial charge in [0.15, 0.2) is 5.69 Å². The van der Waals surface area contributed by atoms with Crippen LogP contribution < -0.4 is 5.32 Å². The maximum absolute atomic E-state index is 13.5. The Hall–Kier alpha value is -3.75. The normalized spacial score (nSPS) is 11.5. The van der Waals surface area contributed by atoms with Crippen molar-refractivity contribution >= 4 is 17.2 Å². The van der Waals surface area contributed by atoms with Gasteiger partial charge in [-0.3, -0.25) is 9.20 Å². The van der Waals surface area contributed by atoms with Gasteiger partial charge in [-0.1, -0.05) is 24.3 Å². The summed E-state index contributed by atoms with van der Waals surface area (Å²) in [5.74, 6) is -0.302. The highest BCUT2D eigenvalue weighted by atomic mass is 19.4. The molecule has 0 radical (unpaired) electrons. The number of carbonyl (C=O) groups is 1. The Labute approximate surface area is 156 Å². The largest absolute Gasteiger partial charge is 0.417 e. The highest BCUT2D eigenvalue weighted by molar-refractivity contribution is 6.07. The van der Waals surface area contributed by atoms with Crippen LogP contribution in [0, 0.1) is 0 Å². The number of amides is 1. The van der Waals surface area contributed by atoms with Gasteiger partial charge in [0, 0.05) is 18.0 Å². The zero-order valence-electron chi connectivity index (χ0n) is 14.2. The molecule has 3 aromatic heterocycles. The molecule has 0 saturated carbocycles. The predicted octanol–water partition coefficient (Wildman–Crippen LogP) is 4.06. The molecule has 0 atom stereocenters. The van der Waals surface area contributed by atoms with Gasteiger partial charge in [-0.05, 0) is 24.3 Å². The number of imidazole rings is 1. The summed E-state index contributed by atoms with van der Waals surface area (Å²) in [7, 11) is 0. The Balaban J connectivity index is 1.86. The van der Waals surface area contributed by atoms with Crippen molar-refractivity contribution in [3.05, 3.63) is 78.5 Å². The first kappa shape index (κ1) is 17.7. The highest BCUT2D eigenvalue weighted by Gasteiger charge is 2.34. The number of hydrogen-bond donors (Lipinski definition) is 1. The van der Waals surface area contributed by atoms with Gasteiger partial charge in [-0.15, -0.1) is 0 Å². The van der Waals surface area contributed by atoms with Gasteiger partial charge in [-0.25, -0.2) is 15.0 Å². The number of aromatic nitrogens is 4. The van der Waals surface area contributed by atoms with E-state index in [2.05, 4.69) is 20.3 Å². The number of nitrogens with one attached hydrogen (secondary N) is 1. The number of fused-ring (bicyclic) bond motifs is 1. The maximum Gasteiger partial charge on any atom is 0.417 e. The highest BCUT2D eigenvalue weighted by Crippen LogP contribution is 2.37. The first-order valence-corrected chi connectivity index (χ1v) is 8.16. The Kier molecular flexibility index (Phi) is 4.26. The van der Waals surface area contributed by atoms with Gasteiger partial charge in [0.25, 0.3) is 5.91 Å². The number of anilines is 1. The van der Waals surface area contributed by atoms with Crippen molar-refractivity contribution in [3.8, 4) is 11.4 Å². The molecule has 0 fully saturated rings. The van der Waals surface area contributed by atoms with E-state index in [1.54, 1.807) is 24.4 Å². The summed E-state index contributed by atoms with van der Waals surface area (Å²) in [5, 5.41) is 2.57. The zero-order valence-corrected chi connectivity index (χ0v) is 14.2. The van der Waals surface area contributed by atoms with Gasteiger partial charge < -0.3 is 5.32 Å². The van der Waals surface area contributed by atoms with Crippen molar-refractivity contribution < 1.29 is 18.0 Å². The van der Waals surface area contributed by atoms with Crippen LogP contribution in [0.15, 0.2) is 67.3 Å². The molecule has 1 aromatic carbocycles. The lowest BCUT2D eigenvalue weighted by atomic mass is 10.1. The minimum atomic E-state index is -4.55. The van der Waals surface area contributed by atoms with Gasteiger partial charge in [0.05, 0.1) is 11.1 Å². The Morgan fingerprint density at radius 2 is 1.82 bits per heavy atom. The van der Waals surface area contributed by atoms with E-state index >= 15 is 0 Å². The number of hydrogen-bond acceptors (Lipinski definition) is 4. The number of benzene rings is 1. The third-order valence-electron chi connectivity index (χ3n) is 4.06. The van der Waals surface area contributed by atoms with Crippen LogP contribution in [0.1, 0.15) is 16.1 Å². The van der Waals surface area contributed by atoms with Crippen molar-refractivity contribution in [2.24, 2.45) is 0 Å². The standard InChI is InChI=1S/C19H12F3N5O/c20-19(21,22)13-6-2-1-5-12(13)17-26-16(14-7-3-4-10-27(14)17)18(28)25-15-8-9-23-11-24-15/h1-11H,(H,23,24,25,28). The van der Waals surface area contributed by atoms with Crippen molar-refractivity contribution in [2.75, 3.05) is 5.32 Å². The number of nitrogens with zero attached hydrogens (tertiary/aromatic N) is 4. The Morgan fingerprint density at radius 3 is 2.57 bits per heavy atom. The summed E-state index contributed by atoms with van der Waals surface area (Å²) < 4.78 is 41.8. The average molecular weight is 383 g/mol. The molecule has 4 aromatic rings. The van der Waals surface area contributed by atoms with Crippen LogP contribution in [0.4, 0.5) is 19.0 Å². The molecule has 4 rings (SSSR count). The minimum Gasteiger partial charge on any atom is -0.305 e. The fraction of sp³-hybridized carbons (Fsp3) is 0.0526. The predicted molar refractivity (Wildman–Crippen MR) is 95.6 cm³/mol. The van der Waals surface area contributed by atoms with Crippen LogP contribution in [0.25, 0.3) is 16.9 Å². The van der Waals surface area contributed by atoms with Crippen LogP contribution in [-0.2, 0) is 6.18 Å². The lowest BCUT2D eigenvalue weighted by Gasteiger charge is -2.11. The van der Waals surface area contributed by atoms with Crippen molar-refractivity contribution in [2.45, 2.75) is 6.18 Å². The Bertz CT molecular complexity index is 1160. The van der Waals surface area contributed by atoms with Crippen molar-refractivity contribution in [1.82, 2.24) is 19.4 Å². The number of rotatable bonds is 3. The van der Waals surface area contributed by atoms with Crippen LogP contribution in [0.2, 0.25) is 0 Å². The van der Waals surface area contributed by atoms with E-state index in [9.17, 15) is 18.0 Å². The summed E-state index contributed by atoms with van der Waals surface area (Å²) in [6.45, 7) is 0. The number of halogens is 3. The first-order valence-electron chi connectivity index (χ1n) is 8.16. The van der Waals surface area contributed by atoms with E-state index in [1.165, 1.54) is 41.2 Å². The minimum absolute atomic E-state index is 0.00816. The van der Waals surface area contributed by atoms with E-state index < -0.39 is 17.6 Å². The molecule has 9 heteroatoms. The van der Waals surface area contributed by atoms with E-state index in [1.807, 2.05) is 0 Å². The van der Waals surface area contributed by atoms with Crippen LogP contribution >= 0.6 is 0 Å². The topological polar surface area (TPSA) is 72.2 Å². The van der Waals surface area contributed by atoms with Gasteiger partial charge >= 0.3 is 6.18 Å². The fourth-order valence-corrected chi connectivity index (χ4v) is 2.86. The van der Waals surface area contributed by atoms with Gasteiger partial charge in [0.2, 0.25) is 0 Å². The van der Waals surface area contributed by atoms with Gasteiger partial charge in [-0.2, -0.15) is 13.2 Å². The van der Waals surface area contributed by atoms with Gasteiger partial charge in [0.1, 0.15) is 18.0 Å². The third-order valence-corrected chi connectivity index (χ3v) is 4.06. The van der Waals surface area contributed by atoms with Crippen molar-refractivity contribution in [1.29, 1.82) is 0 Å². The van der Waals surface area contributed by atoms with E-state index in [0.29, 0.717) is 5.52 Å². The third kappa shape index (κ3) is 3.18. The SMILES string of the molecule is O=C(Nc1ccncn1)c1nc(-c2ccccc2C(F)(F)F)n2ccccc12. The second-order valence-corrected chi connectivity index (χ2v) is 5.83. The summed E-state index contributed by atoms with van der Waals surface area (Å²) in [4.78, 5) is 24.6. The number of alkyl halides is 3. The molecular formula is C19H12F3N5O. The molecule has 0 aliphatic rings. The van der Waals surface area contributed by atoms with Crippen LogP contribution in [0.3, 0.4) is 0 Å². The molecule has 0 bridgehead atoms.